The van der Waals surface area contributed by atoms with Crippen LogP contribution < -0.4 is 0 Å². The van der Waals surface area contributed by atoms with Crippen LogP contribution in [0.5, 0.6) is 0 Å². The number of benzene rings is 2. The first-order valence-electron chi connectivity index (χ1n) is 9.99. The van der Waals surface area contributed by atoms with Gasteiger partial charge in [0.15, 0.2) is 5.65 Å². The quantitative estimate of drug-likeness (QED) is 0.387. The number of aryl methyl sites for hydroxylation is 2. The van der Waals surface area contributed by atoms with Gasteiger partial charge in [-0.25, -0.2) is 22.2 Å². The molecule has 0 bridgehead atoms. The lowest BCUT2D eigenvalue weighted by molar-refractivity contribution is 0.0697. The van der Waals surface area contributed by atoms with Crippen molar-refractivity contribution < 1.29 is 18.3 Å². The Labute approximate surface area is 194 Å². The van der Waals surface area contributed by atoms with Crippen molar-refractivity contribution >= 4 is 49.5 Å². The fourth-order valence-electron chi connectivity index (χ4n) is 4.02. The van der Waals surface area contributed by atoms with Crippen molar-refractivity contribution in [3.63, 3.8) is 0 Å². The van der Waals surface area contributed by atoms with E-state index in [9.17, 15) is 18.3 Å². The number of halogens is 1. The Morgan fingerprint density at radius 1 is 1.03 bits per heavy atom. The van der Waals surface area contributed by atoms with Crippen molar-refractivity contribution in [1.29, 1.82) is 0 Å². The third-order valence-corrected chi connectivity index (χ3v) is 7.73. The van der Waals surface area contributed by atoms with E-state index in [0.717, 1.165) is 11.1 Å². The SMILES string of the molecule is Cc1ccc(S(=O)(=O)n2c(-c3cn(C)c4ccc(C(=O)O)cc34)cc3c(Cl)ccnc32)cc1. The molecule has 0 saturated carbocycles. The Morgan fingerprint density at radius 3 is 2.45 bits per heavy atom. The molecule has 166 valence electrons. The summed E-state index contributed by atoms with van der Waals surface area (Å²) in [5.41, 5.74) is 2.90. The number of carboxylic acids is 1. The Kier molecular flexibility index (Phi) is 4.81. The van der Waals surface area contributed by atoms with Crippen LogP contribution in [0.25, 0.3) is 33.2 Å². The van der Waals surface area contributed by atoms with Crippen molar-refractivity contribution in [1.82, 2.24) is 13.5 Å². The standard InChI is InChI=1S/C24H18ClN3O4S/c1-14-3-6-16(7-4-14)33(31,32)28-22(12-18-20(25)9-10-26-23(18)28)19-13-27(2)21-8-5-15(24(29)30)11-17(19)21/h3-13H,1-2H3,(H,29,30). The van der Waals surface area contributed by atoms with Gasteiger partial charge < -0.3 is 9.67 Å². The molecule has 0 fully saturated rings. The average Bonchev–Trinajstić information content (AvgIpc) is 3.33. The molecule has 0 spiro atoms. The van der Waals surface area contributed by atoms with E-state index in [2.05, 4.69) is 4.98 Å². The largest absolute Gasteiger partial charge is 0.478 e. The zero-order valence-corrected chi connectivity index (χ0v) is 19.2. The molecule has 3 aromatic heterocycles. The van der Waals surface area contributed by atoms with Gasteiger partial charge >= 0.3 is 5.97 Å². The lowest BCUT2D eigenvalue weighted by Gasteiger charge is -2.12. The predicted octanol–water partition coefficient (Wildman–Crippen LogP) is 5.09. The van der Waals surface area contributed by atoms with Crippen LogP contribution in [0.2, 0.25) is 5.02 Å². The van der Waals surface area contributed by atoms with E-state index in [0.29, 0.717) is 27.1 Å². The summed E-state index contributed by atoms with van der Waals surface area (Å²) in [7, 11) is -2.23. The zero-order valence-electron chi connectivity index (χ0n) is 17.7. The third kappa shape index (κ3) is 3.30. The summed E-state index contributed by atoms with van der Waals surface area (Å²) in [6.45, 7) is 1.88. The summed E-state index contributed by atoms with van der Waals surface area (Å²) in [4.78, 5) is 16.0. The summed E-state index contributed by atoms with van der Waals surface area (Å²) >= 11 is 6.41. The highest BCUT2D eigenvalue weighted by atomic mass is 35.5. The highest BCUT2D eigenvalue weighted by Crippen LogP contribution is 2.38. The van der Waals surface area contributed by atoms with Gasteiger partial charge in [0.1, 0.15) is 0 Å². The first-order chi connectivity index (χ1) is 15.7. The van der Waals surface area contributed by atoms with Gasteiger partial charge in [0.05, 0.1) is 21.2 Å². The number of aromatic nitrogens is 3. The summed E-state index contributed by atoms with van der Waals surface area (Å²) in [6.07, 6.45) is 3.24. The van der Waals surface area contributed by atoms with Gasteiger partial charge in [-0.05, 0) is 49.4 Å². The van der Waals surface area contributed by atoms with Crippen molar-refractivity contribution in [2.75, 3.05) is 0 Å². The fraction of sp³-hybridized carbons (Fsp3) is 0.0833. The number of carboxylic acid groups (broad SMARTS) is 1. The molecular formula is C24H18ClN3O4S. The van der Waals surface area contributed by atoms with Gasteiger partial charge in [0.2, 0.25) is 0 Å². The van der Waals surface area contributed by atoms with E-state index in [-0.39, 0.29) is 16.1 Å². The molecule has 3 heterocycles. The van der Waals surface area contributed by atoms with Crippen LogP contribution >= 0.6 is 11.6 Å². The monoisotopic (exact) mass is 479 g/mol. The maximum absolute atomic E-state index is 13.8. The second-order valence-corrected chi connectivity index (χ2v) is 10.0. The lowest BCUT2D eigenvalue weighted by atomic mass is 10.1. The Bertz CT molecular complexity index is 1680. The number of pyridine rings is 1. The number of hydrogen-bond acceptors (Lipinski definition) is 4. The minimum Gasteiger partial charge on any atom is -0.478 e. The molecule has 0 aliphatic heterocycles. The normalized spacial score (nSPS) is 12.0. The molecule has 0 radical (unpaired) electrons. The Morgan fingerprint density at radius 2 is 1.76 bits per heavy atom. The molecule has 5 aromatic rings. The molecule has 0 amide bonds. The van der Waals surface area contributed by atoms with E-state index in [1.807, 2.05) is 18.5 Å². The average molecular weight is 480 g/mol. The Balaban J connectivity index is 1.89. The van der Waals surface area contributed by atoms with Crippen LogP contribution in [0, 0.1) is 6.92 Å². The van der Waals surface area contributed by atoms with Crippen molar-refractivity contribution in [3.05, 3.63) is 83.1 Å². The number of hydrogen-bond donors (Lipinski definition) is 1. The van der Waals surface area contributed by atoms with Gasteiger partial charge in [0.25, 0.3) is 10.0 Å². The smallest absolute Gasteiger partial charge is 0.335 e. The van der Waals surface area contributed by atoms with Crippen LogP contribution in [0.15, 0.2) is 71.9 Å². The molecule has 0 aliphatic rings. The number of carbonyl (C=O) groups is 1. The summed E-state index contributed by atoms with van der Waals surface area (Å²) in [6, 6.07) is 14.6. The van der Waals surface area contributed by atoms with Crippen molar-refractivity contribution in [3.8, 4) is 11.3 Å². The maximum atomic E-state index is 13.8. The van der Waals surface area contributed by atoms with E-state index >= 15 is 0 Å². The Hall–Kier alpha value is -3.62. The summed E-state index contributed by atoms with van der Waals surface area (Å²) in [5, 5.41) is 10.9. The van der Waals surface area contributed by atoms with Crippen LogP contribution in [0.4, 0.5) is 0 Å². The molecule has 7 nitrogen and oxygen atoms in total. The van der Waals surface area contributed by atoms with Crippen molar-refractivity contribution in [2.45, 2.75) is 11.8 Å². The second kappa shape index (κ2) is 7.47. The van der Waals surface area contributed by atoms with E-state index in [1.165, 1.54) is 16.2 Å². The third-order valence-electron chi connectivity index (χ3n) is 5.68. The van der Waals surface area contributed by atoms with E-state index < -0.39 is 16.0 Å². The number of nitrogens with zero attached hydrogens (tertiary/aromatic N) is 3. The van der Waals surface area contributed by atoms with Gasteiger partial charge in [-0.2, -0.15) is 0 Å². The van der Waals surface area contributed by atoms with Gasteiger partial charge in [-0.1, -0.05) is 29.3 Å². The minimum atomic E-state index is -4.05. The van der Waals surface area contributed by atoms with Crippen LogP contribution in [0.3, 0.4) is 0 Å². The number of rotatable bonds is 4. The van der Waals surface area contributed by atoms with E-state index in [4.69, 9.17) is 11.6 Å². The number of aromatic carboxylic acids is 1. The minimum absolute atomic E-state index is 0.107. The van der Waals surface area contributed by atoms with Gasteiger partial charge in [0, 0.05) is 41.3 Å². The molecule has 5 rings (SSSR count). The molecule has 2 aromatic carbocycles. The van der Waals surface area contributed by atoms with Gasteiger partial charge in [-0.15, -0.1) is 0 Å². The molecule has 33 heavy (non-hydrogen) atoms. The zero-order chi connectivity index (χ0) is 23.5. The summed E-state index contributed by atoms with van der Waals surface area (Å²) < 4.78 is 30.7. The fourth-order valence-corrected chi connectivity index (χ4v) is 5.69. The lowest BCUT2D eigenvalue weighted by Crippen LogP contribution is -2.14. The summed E-state index contributed by atoms with van der Waals surface area (Å²) in [5.74, 6) is -1.07. The number of fused-ring (bicyclic) bond motifs is 2. The molecule has 0 unspecified atom stereocenters. The van der Waals surface area contributed by atoms with Crippen molar-refractivity contribution in [2.24, 2.45) is 7.05 Å². The second-order valence-electron chi connectivity index (χ2n) is 7.83. The molecular weight excluding hydrogens is 462 g/mol. The highest BCUT2D eigenvalue weighted by Gasteiger charge is 2.27. The molecule has 1 N–H and O–H groups in total. The molecule has 0 saturated heterocycles. The van der Waals surface area contributed by atoms with E-state index in [1.54, 1.807) is 54.7 Å². The molecule has 0 atom stereocenters. The van der Waals surface area contributed by atoms with Crippen LogP contribution in [-0.2, 0) is 17.1 Å². The topological polar surface area (TPSA) is 94.2 Å². The first-order valence-corrected chi connectivity index (χ1v) is 11.8. The molecule has 0 aliphatic carbocycles. The first kappa shape index (κ1) is 21.2. The highest BCUT2D eigenvalue weighted by molar-refractivity contribution is 7.90. The van der Waals surface area contributed by atoms with Crippen LogP contribution in [-0.4, -0.2) is 33.0 Å². The van der Waals surface area contributed by atoms with Crippen LogP contribution in [0.1, 0.15) is 15.9 Å². The predicted molar refractivity (Wildman–Crippen MR) is 127 cm³/mol. The van der Waals surface area contributed by atoms with Gasteiger partial charge in [-0.3, -0.25) is 0 Å². The molecule has 9 heteroatoms. The maximum Gasteiger partial charge on any atom is 0.335 e.